The van der Waals surface area contributed by atoms with Crippen LogP contribution in [-0.2, 0) is 25.3 Å². The van der Waals surface area contributed by atoms with Crippen molar-refractivity contribution in [2.45, 2.75) is 124 Å². The number of β-amino-alcohol motifs (C(OH)–C–C–N with tert-alkyl or cyclic N) is 1. The first-order chi connectivity index (χ1) is 32.8. The van der Waals surface area contributed by atoms with E-state index >= 15 is 0 Å². The lowest BCUT2D eigenvalue weighted by Gasteiger charge is -2.63. The molecule has 70 heavy (non-hydrogen) atoms. The number of aromatic nitrogens is 1. The number of aliphatic hydroxyl groups is 1. The summed E-state index contributed by atoms with van der Waals surface area (Å²) in [6.07, 6.45) is -4.94. The van der Waals surface area contributed by atoms with Crippen LogP contribution in [0, 0.1) is 34.5 Å². The molecule has 4 N–H and O–H groups in total. The highest BCUT2D eigenvalue weighted by Crippen LogP contribution is 2.56. The van der Waals surface area contributed by atoms with E-state index in [9.17, 15) is 37.5 Å². The minimum atomic E-state index is -4.72. The summed E-state index contributed by atoms with van der Waals surface area (Å²) in [5.41, 5.74) is 1.44. The highest BCUT2D eigenvalue weighted by atomic mass is 32.1. The summed E-state index contributed by atoms with van der Waals surface area (Å²) < 4.78 is 58.4. The van der Waals surface area contributed by atoms with Gasteiger partial charge >= 0.3 is 6.18 Å². The summed E-state index contributed by atoms with van der Waals surface area (Å²) in [6.45, 7) is 17.0. The number of carbonyl (C=O) groups is 4. The molecule has 1 aliphatic carbocycles. The number of ether oxygens (including phenoxy) is 3. The molecule has 376 valence electrons. The molecule has 1 aromatic heterocycles. The number of hydrogen-bond acceptors (Lipinski definition) is 11. The number of likely N-dealkylation sites (tertiary alicyclic amines) is 1. The molecule has 18 heteroatoms. The van der Waals surface area contributed by atoms with E-state index in [-0.39, 0.29) is 49.9 Å². The fraction of sp³-hybridized carbons (Fsp3) is 0.500. The molecule has 4 atom stereocenters. The van der Waals surface area contributed by atoms with Crippen LogP contribution in [0.5, 0.6) is 11.5 Å². The van der Waals surface area contributed by atoms with Gasteiger partial charge in [0.15, 0.2) is 0 Å². The largest absolute Gasteiger partial charge is 0.494 e. The van der Waals surface area contributed by atoms with E-state index in [1.54, 1.807) is 47.2 Å². The van der Waals surface area contributed by atoms with Gasteiger partial charge in [-0.3, -0.25) is 19.2 Å². The van der Waals surface area contributed by atoms with Crippen molar-refractivity contribution in [3.05, 3.63) is 100 Å². The molecule has 2 aliphatic rings. The molecule has 0 bridgehead atoms. The van der Waals surface area contributed by atoms with Gasteiger partial charge in [-0.2, -0.15) is 18.4 Å². The van der Waals surface area contributed by atoms with Crippen LogP contribution in [0.4, 0.5) is 13.2 Å². The van der Waals surface area contributed by atoms with E-state index in [2.05, 4.69) is 20.9 Å². The van der Waals surface area contributed by atoms with Crippen LogP contribution in [0.3, 0.4) is 0 Å². The number of alkyl halides is 3. The Hall–Kier alpha value is -6.03. The Kier molecular flexibility index (Phi) is 16.4. The molecule has 0 radical (unpaired) electrons. The molecular weight excluding hydrogens is 926 g/mol. The van der Waals surface area contributed by atoms with E-state index < -0.39 is 75.6 Å². The maximum Gasteiger partial charge on any atom is 0.417 e. The molecule has 4 amide bonds. The average Bonchev–Trinajstić information content (AvgIpc) is 3.92. The Morgan fingerprint density at radius 2 is 1.59 bits per heavy atom. The van der Waals surface area contributed by atoms with Crippen molar-refractivity contribution in [1.29, 1.82) is 5.26 Å². The third kappa shape index (κ3) is 12.3. The maximum absolute atomic E-state index is 14.1. The zero-order valence-electron chi connectivity index (χ0n) is 41.0. The molecule has 6 rings (SSSR count). The predicted molar refractivity (Wildman–Crippen MR) is 258 cm³/mol. The monoisotopic (exact) mass is 988 g/mol. The Morgan fingerprint density at radius 3 is 2.19 bits per heavy atom. The number of halogens is 3. The summed E-state index contributed by atoms with van der Waals surface area (Å²) in [6, 6.07) is 16.7. The highest BCUT2D eigenvalue weighted by molar-refractivity contribution is 7.13. The van der Waals surface area contributed by atoms with Crippen LogP contribution in [0.25, 0.3) is 10.4 Å². The van der Waals surface area contributed by atoms with E-state index in [4.69, 9.17) is 19.5 Å². The normalized spacial score (nSPS) is 20.3. The van der Waals surface area contributed by atoms with Crippen LogP contribution in [0.1, 0.15) is 113 Å². The second-order valence-electron chi connectivity index (χ2n) is 20.4. The minimum Gasteiger partial charge on any atom is -0.494 e. The first kappa shape index (κ1) is 53.3. The van der Waals surface area contributed by atoms with E-state index in [0.717, 1.165) is 33.8 Å². The topological polar surface area (TPSA) is 192 Å². The van der Waals surface area contributed by atoms with Crippen molar-refractivity contribution in [3.8, 4) is 28.0 Å². The van der Waals surface area contributed by atoms with Crippen LogP contribution >= 0.6 is 11.3 Å². The number of benzene rings is 3. The fourth-order valence-corrected chi connectivity index (χ4v) is 10.5. The third-order valence-electron chi connectivity index (χ3n) is 13.1. The zero-order chi connectivity index (χ0) is 51.3. The van der Waals surface area contributed by atoms with Gasteiger partial charge in [-0.1, -0.05) is 72.7 Å². The van der Waals surface area contributed by atoms with Gasteiger partial charge in [0.05, 0.1) is 52.0 Å². The summed E-state index contributed by atoms with van der Waals surface area (Å²) >= 11 is 1.56. The van der Waals surface area contributed by atoms with Crippen molar-refractivity contribution in [2.75, 3.05) is 26.4 Å². The number of thiazole rings is 1. The second-order valence-corrected chi connectivity index (χ2v) is 21.2. The lowest BCUT2D eigenvalue weighted by atomic mass is 9.49. The molecule has 1 saturated heterocycles. The molecule has 2 fully saturated rings. The van der Waals surface area contributed by atoms with Crippen LogP contribution < -0.4 is 25.4 Å². The second kappa shape index (κ2) is 21.5. The van der Waals surface area contributed by atoms with E-state index in [1.165, 1.54) is 11.0 Å². The lowest BCUT2D eigenvalue weighted by molar-refractivity contribution is -0.164. The summed E-state index contributed by atoms with van der Waals surface area (Å²) in [5, 5.41) is 28.7. The number of amides is 4. The number of aryl methyl sites for hydroxylation is 1. The summed E-state index contributed by atoms with van der Waals surface area (Å²) in [7, 11) is 0. The smallest absolute Gasteiger partial charge is 0.417 e. The predicted octanol–water partition coefficient (Wildman–Crippen LogP) is 8.17. The van der Waals surface area contributed by atoms with Crippen molar-refractivity contribution < 1.29 is 51.7 Å². The highest BCUT2D eigenvalue weighted by Gasteiger charge is 2.64. The Balaban J connectivity index is 0.912. The molecule has 4 aromatic rings. The Morgan fingerprint density at radius 1 is 0.943 bits per heavy atom. The van der Waals surface area contributed by atoms with Crippen molar-refractivity contribution >= 4 is 35.0 Å². The number of hydrogen-bond donors (Lipinski definition) is 4. The number of carbonyl (C=O) groups excluding carboxylic acids is 4. The SMILES string of the molecule is Cc1ncsc1-c1ccc([C@H](C)NC(=O)[C@@H]2C[C@@H](O)CN2C(=O)[C@@H](NC(=O)COCCCCOc2ccc(C(=O)N[C@H]3C(C)(C)[C@H](Oc4ccc(C#N)c(C(F)(F)F)c4)C3(C)C)cc2)C(C)(C)C)cc1. The molecule has 2 heterocycles. The van der Waals surface area contributed by atoms with Gasteiger partial charge in [0, 0.05) is 42.0 Å². The maximum atomic E-state index is 14.1. The Labute approximate surface area is 411 Å². The van der Waals surface area contributed by atoms with E-state index in [0.29, 0.717) is 30.8 Å². The molecular formula is C52H63F3N6O8S. The molecule has 0 spiro atoms. The number of rotatable bonds is 18. The molecule has 1 saturated carbocycles. The van der Waals surface area contributed by atoms with Gasteiger partial charge in [0.2, 0.25) is 17.7 Å². The van der Waals surface area contributed by atoms with Crippen molar-refractivity contribution in [2.24, 2.45) is 16.2 Å². The minimum absolute atomic E-state index is 0.0143. The quantitative estimate of drug-likeness (QED) is 0.0708. The first-order valence-corrected chi connectivity index (χ1v) is 24.2. The van der Waals surface area contributed by atoms with Gasteiger partial charge < -0.3 is 40.2 Å². The molecule has 14 nitrogen and oxygen atoms in total. The fourth-order valence-electron chi connectivity index (χ4n) is 9.66. The van der Waals surface area contributed by atoms with Gasteiger partial charge in [0.1, 0.15) is 36.3 Å². The van der Waals surface area contributed by atoms with Crippen molar-refractivity contribution in [1.82, 2.24) is 25.8 Å². The van der Waals surface area contributed by atoms with Gasteiger partial charge in [-0.05, 0) is 85.7 Å². The lowest BCUT2D eigenvalue weighted by Crippen LogP contribution is -2.74. The first-order valence-electron chi connectivity index (χ1n) is 23.3. The van der Waals surface area contributed by atoms with Crippen LogP contribution in [0.2, 0.25) is 0 Å². The zero-order valence-corrected chi connectivity index (χ0v) is 41.8. The molecule has 1 aliphatic heterocycles. The average molecular weight is 989 g/mol. The third-order valence-corrected chi connectivity index (χ3v) is 14.1. The number of unbranched alkanes of at least 4 members (excludes halogenated alkanes) is 1. The van der Waals surface area contributed by atoms with Crippen molar-refractivity contribution in [3.63, 3.8) is 0 Å². The van der Waals surface area contributed by atoms with Gasteiger partial charge in [0.25, 0.3) is 5.91 Å². The Bertz CT molecular complexity index is 2540. The van der Waals surface area contributed by atoms with Crippen LogP contribution in [-0.4, -0.2) is 95.3 Å². The number of aliphatic hydroxyl groups excluding tert-OH is 1. The number of nitrogens with one attached hydrogen (secondary N) is 3. The summed E-state index contributed by atoms with van der Waals surface area (Å²) in [5.74, 6) is -1.16. The van der Waals surface area contributed by atoms with Crippen LogP contribution in [0.15, 0.2) is 72.2 Å². The van der Waals surface area contributed by atoms with Gasteiger partial charge in [-0.25, -0.2) is 4.98 Å². The number of nitriles is 1. The van der Waals surface area contributed by atoms with E-state index in [1.807, 2.05) is 86.6 Å². The standard InChI is InChI=1S/C52H63F3N6O8S/c1-30(32-12-14-33(15-13-32)42-31(2)57-29-70-42)58-45(65)40-24-36(62)27-61(40)46(66)43(49(3,4)5)59-41(63)28-67-22-10-11-23-68-37-19-16-34(17-20-37)44(64)60-47-50(6,7)48(51(47,8)9)69-38-21-18-35(26-56)39(25-38)52(53,54)55/h12-21,25,29-30,36,40,43,47-48,62H,10-11,22-24,27-28H2,1-9H3,(H,58,65)(H,59,63)(H,60,64)/t30-,36+,40-,43+,47-,48-/m0/s1. The number of nitrogens with zero attached hydrogens (tertiary/aromatic N) is 3. The van der Waals surface area contributed by atoms with Gasteiger partial charge in [-0.15, -0.1) is 11.3 Å². The summed E-state index contributed by atoms with van der Waals surface area (Å²) in [4.78, 5) is 60.9. The molecule has 3 aromatic carbocycles. The molecule has 0 unspecified atom stereocenters.